The van der Waals surface area contributed by atoms with Crippen molar-refractivity contribution in [1.82, 2.24) is 0 Å². The summed E-state index contributed by atoms with van der Waals surface area (Å²) in [6.45, 7) is 8.85. The molecule has 0 heterocycles. The van der Waals surface area contributed by atoms with Crippen LogP contribution in [0.1, 0.15) is 61.0 Å². The molecule has 2 saturated carbocycles. The SMILES string of the molecule is C=C[C@]12CC[C@]3(C)C[C@H](OC(=O)c4cc(S(N)(=O)=O)ccc4Cl)CC3C1C(C)Cc1cc(O)ccc12. The van der Waals surface area contributed by atoms with Crippen molar-refractivity contribution in [2.24, 2.45) is 28.3 Å². The topological polar surface area (TPSA) is 107 Å². The normalized spacial score (nSPS) is 33.2. The molecule has 0 aliphatic heterocycles. The molecule has 2 fully saturated rings. The van der Waals surface area contributed by atoms with Crippen LogP contribution in [0.2, 0.25) is 5.02 Å². The van der Waals surface area contributed by atoms with Crippen molar-refractivity contribution >= 4 is 27.6 Å². The van der Waals surface area contributed by atoms with Gasteiger partial charge in [-0.25, -0.2) is 18.4 Å². The van der Waals surface area contributed by atoms with Gasteiger partial charge in [-0.3, -0.25) is 0 Å². The number of aromatic hydroxyl groups is 1. The molecule has 2 aromatic rings. The van der Waals surface area contributed by atoms with Crippen LogP contribution in [0.15, 0.2) is 53.9 Å². The second kappa shape index (κ2) is 8.61. The number of benzene rings is 2. The maximum Gasteiger partial charge on any atom is 0.339 e. The van der Waals surface area contributed by atoms with E-state index in [0.29, 0.717) is 17.8 Å². The Hall–Kier alpha value is -2.35. The monoisotopic (exact) mass is 529 g/mol. The zero-order valence-electron chi connectivity index (χ0n) is 20.5. The third-order valence-corrected chi connectivity index (χ3v) is 10.4. The first-order valence-corrected chi connectivity index (χ1v) is 14.3. The Balaban J connectivity index is 1.44. The van der Waals surface area contributed by atoms with Gasteiger partial charge in [-0.2, -0.15) is 0 Å². The highest BCUT2D eigenvalue weighted by molar-refractivity contribution is 7.89. The first kappa shape index (κ1) is 25.3. The summed E-state index contributed by atoms with van der Waals surface area (Å²) in [5, 5.41) is 15.4. The van der Waals surface area contributed by atoms with Gasteiger partial charge < -0.3 is 9.84 Å². The lowest BCUT2D eigenvalue weighted by Gasteiger charge is -2.57. The Morgan fingerprint density at radius 3 is 2.69 bits per heavy atom. The van der Waals surface area contributed by atoms with Crippen molar-refractivity contribution in [3.8, 4) is 5.75 Å². The summed E-state index contributed by atoms with van der Waals surface area (Å²) in [6.07, 6.45) is 6.11. The molecule has 5 rings (SSSR count). The summed E-state index contributed by atoms with van der Waals surface area (Å²) in [5.41, 5.74) is 2.28. The minimum Gasteiger partial charge on any atom is -0.508 e. The predicted octanol–water partition coefficient (Wildman–Crippen LogP) is 5.36. The Morgan fingerprint density at radius 2 is 2.00 bits per heavy atom. The molecule has 36 heavy (non-hydrogen) atoms. The smallest absolute Gasteiger partial charge is 0.339 e. The first-order valence-electron chi connectivity index (χ1n) is 12.4. The summed E-state index contributed by atoms with van der Waals surface area (Å²) in [4.78, 5) is 12.9. The van der Waals surface area contributed by atoms with Gasteiger partial charge in [0.25, 0.3) is 0 Å². The van der Waals surface area contributed by atoms with E-state index in [1.165, 1.54) is 29.3 Å². The zero-order chi connectivity index (χ0) is 26.0. The van der Waals surface area contributed by atoms with E-state index in [2.05, 4.69) is 32.6 Å². The van der Waals surface area contributed by atoms with Crippen LogP contribution in [0.5, 0.6) is 5.75 Å². The van der Waals surface area contributed by atoms with E-state index in [9.17, 15) is 18.3 Å². The van der Waals surface area contributed by atoms with E-state index < -0.39 is 16.0 Å². The second-order valence-corrected chi connectivity index (χ2v) is 13.2. The van der Waals surface area contributed by atoms with Crippen LogP contribution >= 0.6 is 11.6 Å². The van der Waals surface area contributed by atoms with E-state index in [1.54, 1.807) is 6.07 Å². The highest BCUT2D eigenvalue weighted by Gasteiger charge is 2.60. The van der Waals surface area contributed by atoms with Crippen LogP contribution in [0.25, 0.3) is 0 Å². The van der Waals surface area contributed by atoms with E-state index >= 15 is 0 Å². The largest absolute Gasteiger partial charge is 0.508 e. The number of carbonyl (C=O) groups is 1. The Morgan fingerprint density at radius 1 is 1.25 bits per heavy atom. The summed E-state index contributed by atoms with van der Waals surface area (Å²) in [7, 11) is -3.98. The second-order valence-electron chi connectivity index (χ2n) is 11.2. The average molecular weight is 530 g/mol. The van der Waals surface area contributed by atoms with Gasteiger partial charge in [0.2, 0.25) is 10.0 Å². The van der Waals surface area contributed by atoms with E-state index in [1.807, 2.05) is 6.07 Å². The number of hydrogen-bond donors (Lipinski definition) is 2. The minimum atomic E-state index is -3.98. The van der Waals surface area contributed by atoms with Crippen LogP contribution in [-0.4, -0.2) is 25.6 Å². The molecule has 6 atom stereocenters. The molecule has 0 aromatic heterocycles. The molecule has 6 nitrogen and oxygen atoms in total. The fourth-order valence-corrected chi connectivity index (χ4v) is 8.33. The number of fused-ring (bicyclic) bond motifs is 5. The Labute approximate surface area is 217 Å². The third kappa shape index (κ3) is 3.96. The number of nitrogens with two attached hydrogens (primary N) is 1. The van der Waals surface area contributed by atoms with E-state index in [4.69, 9.17) is 21.5 Å². The molecule has 3 aliphatic carbocycles. The van der Waals surface area contributed by atoms with Crippen molar-refractivity contribution in [1.29, 1.82) is 0 Å². The number of carbonyl (C=O) groups excluding carboxylic acids is 1. The Bertz CT molecular complexity index is 1360. The lowest BCUT2D eigenvalue weighted by atomic mass is 9.46. The molecular formula is C28H32ClNO5S. The molecule has 0 radical (unpaired) electrons. The molecule has 0 bridgehead atoms. The minimum absolute atomic E-state index is 0.00317. The van der Waals surface area contributed by atoms with Crippen molar-refractivity contribution in [2.75, 3.05) is 0 Å². The Kier molecular flexibility index (Phi) is 6.05. The number of rotatable bonds is 4. The summed E-state index contributed by atoms with van der Waals surface area (Å²) >= 11 is 6.22. The zero-order valence-corrected chi connectivity index (χ0v) is 22.1. The molecular weight excluding hydrogens is 498 g/mol. The molecule has 0 spiro atoms. The van der Waals surface area contributed by atoms with Crippen molar-refractivity contribution in [3.63, 3.8) is 0 Å². The maximum absolute atomic E-state index is 13.1. The fraction of sp³-hybridized carbons (Fsp3) is 0.464. The highest BCUT2D eigenvalue weighted by Crippen LogP contribution is 2.65. The fourth-order valence-electron chi connectivity index (χ4n) is 7.59. The number of halogens is 1. The van der Waals surface area contributed by atoms with Gasteiger partial charge >= 0.3 is 5.97 Å². The quantitative estimate of drug-likeness (QED) is 0.409. The molecule has 3 aliphatic rings. The van der Waals surface area contributed by atoms with Gasteiger partial charge in [0.15, 0.2) is 0 Å². The summed E-state index contributed by atoms with van der Waals surface area (Å²) < 4.78 is 29.5. The summed E-state index contributed by atoms with van der Waals surface area (Å²) in [5.74, 6) is 0.689. The van der Waals surface area contributed by atoms with Gasteiger partial charge in [0.1, 0.15) is 11.9 Å². The summed E-state index contributed by atoms with van der Waals surface area (Å²) in [6, 6.07) is 9.52. The number of phenols is 1. The van der Waals surface area contributed by atoms with Crippen molar-refractivity contribution in [2.45, 2.75) is 62.4 Å². The molecule has 8 heteroatoms. The third-order valence-electron chi connectivity index (χ3n) is 9.11. The predicted molar refractivity (Wildman–Crippen MR) is 138 cm³/mol. The van der Waals surface area contributed by atoms with Crippen LogP contribution in [0.3, 0.4) is 0 Å². The van der Waals surface area contributed by atoms with Crippen LogP contribution in [0.4, 0.5) is 0 Å². The van der Waals surface area contributed by atoms with Gasteiger partial charge in [-0.1, -0.05) is 37.6 Å². The van der Waals surface area contributed by atoms with Gasteiger partial charge in [0.05, 0.1) is 15.5 Å². The molecule has 0 amide bonds. The number of hydrogen-bond acceptors (Lipinski definition) is 5. The average Bonchev–Trinajstić information content (AvgIpc) is 3.13. The molecule has 3 unspecified atom stereocenters. The first-order chi connectivity index (χ1) is 16.9. The number of allylic oxidation sites excluding steroid dienone is 1. The van der Waals surface area contributed by atoms with Crippen molar-refractivity contribution < 1.29 is 23.1 Å². The molecule has 0 saturated heterocycles. The van der Waals surface area contributed by atoms with Gasteiger partial charge in [-0.05, 0) is 96.7 Å². The van der Waals surface area contributed by atoms with Gasteiger partial charge in [-0.15, -0.1) is 6.58 Å². The van der Waals surface area contributed by atoms with E-state index in [0.717, 1.165) is 32.1 Å². The molecule has 3 N–H and O–H groups in total. The maximum atomic E-state index is 13.1. The highest BCUT2D eigenvalue weighted by atomic mass is 35.5. The number of primary sulfonamides is 1. The number of phenolic OH excluding ortho intramolecular Hbond substituents is 1. The number of ether oxygens (including phenoxy) is 1. The standard InChI is InChI=1S/C28H32ClNO5S/c1-4-28-10-9-27(3)15-19(35-26(32)21-14-20(36(30,33)34)6-8-24(21)29)13-23(27)25(28)16(2)11-17-12-18(31)5-7-22(17)28/h4-8,12,14,16,19,23,25,31H,1,9-11,13,15H2,2-3H3,(H2,30,33,34)/t16?,19-,23?,25?,27-,28-/m1/s1. The lowest BCUT2D eigenvalue weighted by molar-refractivity contribution is -0.000314. The molecule has 2 aromatic carbocycles. The van der Waals surface area contributed by atoms with Crippen molar-refractivity contribution in [3.05, 3.63) is 70.8 Å². The lowest BCUT2D eigenvalue weighted by Crippen LogP contribution is -2.52. The van der Waals surface area contributed by atoms with Crippen LogP contribution in [0, 0.1) is 23.2 Å². The van der Waals surface area contributed by atoms with Gasteiger partial charge in [0, 0.05) is 5.41 Å². The number of sulfonamides is 1. The molecule has 192 valence electrons. The number of esters is 1. The van der Waals surface area contributed by atoms with Crippen LogP contribution < -0.4 is 5.14 Å². The van der Waals surface area contributed by atoms with E-state index in [-0.39, 0.29) is 38.2 Å². The van der Waals surface area contributed by atoms with Crippen LogP contribution in [-0.2, 0) is 26.6 Å².